The lowest BCUT2D eigenvalue weighted by Gasteiger charge is -2.30. The van der Waals surface area contributed by atoms with Crippen molar-refractivity contribution in [3.63, 3.8) is 0 Å². The molecular formula is C12H18N4O3S. The maximum absolute atomic E-state index is 12.6. The van der Waals surface area contributed by atoms with Gasteiger partial charge in [0.05, 0.1) is 5.69 Å². The highest BCUT2D eigenvalue weighted by Gasteiger charge is 2.32. The normalized spacial score (nSPS) is 18.1. The first-order valence-electron chi connectivity index (χ1n) is 6.40. The number of hydrogen-bond acceptors (Lipinski definition) is 5. The van der Waals surface area contributed by atoms with E-state index in [9.17, 15) is 13.2 Å². The number of sulfonamides is 1. The summed E-state index contributed by atoms with van der Waals surface area (Å²) in [6.07, 6.45) is 2.42. The second-order valence-electron chi connectivity index (χ2n) is 4.73. The monoisotopic (exact) mass is 298 g/mol. The Labute approximate surface area is 118 Å². The molecule has 4 N–H and O–H groups in total. The molecule has 1 aromatic rings. The Balaban J connectivity index is 2.22. The van der Waals surface area contributed by atoms with Gasteiger partial charge in [-0.3, -0.25) is 9.78 Å². The largest absolute Gasteiger partial charge is 0.369 e. The quantitative estimate of drug-likeness (QED) is 0.771. The predicted octanol–water partition coefficient (Wildman–Crippen LogP) is -0.574. The Morgan fingerprint density at radius 3 is 2.60 bits per heavy atom. The standard InChI is InChI=1S/C12H18N4O3S/c13-8-10-11(2-1-5-15-10)20(18,19)16-6-3-9(4-7-16)12(14)17/h1-2,5,9H,3-4,6-8,13H2,(H2,14,17). The maximum Gasteiger partial charge on any atom is 0.244 e. The van der Waals surface area contributed by atoms with Crippen LogP contribution in [0.3, 0.4) is 0 Å². The third kappa shape index (κ3) is 2.82. The summed E-state index contributed by atoms with van der Waals surface area (Å²) in [7, 11) is -3.62. The smallest absolute Gasteiger partial charge is 0.244 e. The van der Waals surface area contributed by atoms with Gasteiger partial charge in [0.2, 0.25) is 15.9 Å². The summed E-state index contributed by atoms with van der Waals surface area (Å²) < 4.78 is 26.5. The fourth-order valence-electron chi connectivity index (χ4n) is 2.33. The zero-order valence-electron chi connectivity index (χ0n) is 11.0. The summed E-state index contributed by atoms with van der Waals surface area (Å²) in [4.78, 5) is 15.2. The SMILES string of the molecule is NCc1ncccc1S(=O)(=O)N1CCC(C(N)=O)CC1. The molecule has 1 fully saturated rings. The van der Waals surface area contributed by atoms with Gasteiger partial charge >= 0.3 is 0 Å². The van der Waals surface area contributed by atoms with Crippen LogP contribution in [0.15, 0.2) is 23.2 Å². The molecule has 0 bridgehead atoms. The average Bonchev–Trinajstić information content (AvgIpc) is 2.47. The van der Waals surface area contributed by atoms with Crippen molar-refractivity contribution in [2.45, 2.75) is 24.3 Å². The van der Waals surface area contributed by atoms with Crippen molar-refractivity contribution in [3.05, 3.63) is 24.0 Å². The molecular weight excluding hydrogens is 280 g/mol. The van der Waals surface area contributed by atoms with E-state index in [1.54, 1.807) is 6.07 Å². The first-order chi connectivity index (χ1) is 9.46. The molecule has 0 unspecified atom stereocenters. The van der Waals surface area contributed by atoms with E-state index in [1.807, 2.05) is 0 Å². The Morgan fingerprint density at radius 1 is 1.40 bits per heavy atom. The second kappa shape index (κ2) is 5.86. The molecule has 0 saturated carbocycles. The molecule has 7 nitrogen and oxygen atoms in total. The lowest BCUT2D eigenvalue weighted by Crippen LogP contribution is -2.42. The van der Waals surface area contributed by atoms with E-state index in [0.29, 0.717) is 18.5 Å². The van der Waals surface area contributed by atoms with E-state index in [1.165, 1.54) is 16.6 Å². The van der Waals surface area contributed by atoms with E-state index < -0.39 is 10.0 Å². The number of aromatic nitrogens is 1. The van der Waals surface area contributed by atoms with E-state index in [2.05, 4.69) is 4.98 Å². The van der Waals surface area contributed by atoms with Crippen LogP contribution in [0.25, 0.3) is 0 Å². The minimum Gasteiger partial charge on any atom is -0.369 e. The second-order valence-corrected chi connectivity index (χ2v) is 6.64. The van der Waals surface area contributed by atoms with Gasteiger partial charge in [0.25, 0.3) is 0 Å². The number of nitrogens with zero attached hydrogens (tertiary/aromatic N) is 2. The van der Waals surface area contributed by atoms with Crippen molar-refractivity contribution in [3.8, 4) is 0 Å². The topological polar surface area (TPSA) is 119 Å². The van der Waals surface area contributed by atoms with Crippen LogP contribution in [-0.2, 0) is 21.4 Å². The number of nitrogens with two attached hydrogens (primary N) is 2. The molecule has 1 amide bonds. The number of hydrogen-bond donors (Lipinski definition) is 2. The molecule has 1 aliphatic heterocycles. The summed E-state index contributed by atoms with van der Waals surface area (Å²) in [5, 5.41) is 0. The summed E-state index contributed by atoms with van der Waals surface area (Å²) in [6, 6.07) is 3.08. The molecule has 0 atom stereocenters. The van der Waals surface area contributed by atoms with Crippen molar-refractivity contribution in [1.29, 1.82) is 0 Å². The van der Waals surface area contributed by atoms with Crippen LogP contribution < -0.4 is 11.5 Å². The lowest BCUT2D eigenvalue weighted by atomic mass is 9.98. The van der Waals surface area contributed by atoms with E-state index in [-0.39, 0.29) is 36.4 Å². The van der Waals surface area contributed by atoms with Crippen LogP contribution in [0.2, 0.25) is 0 Å². The zero-order chi connectivity index (χ0) is 14.8. The molecule has 8 heteroatoms. The van der Waals surface area contributed by atoms with Crippen LogP contribution >= 0.6 is 0 Å². The van der Waals surface area contributed by atoms with Gasteiger partial charge in [-0.2, -0.15) is 4.31 Å². The molecule has 0 spiro atoms. The molecule has 0 aliphatic carbocycles. The van der Waals surface area contributed by atoms with Crippen LogP contribution in [0.5, 0.6) is 0 Å². The lowest BCUT2D eigenvalue weighted by molar-refractivity contribution is -0.122. The third-order valence-electron chi connectivity index (χ3n) is 3.52. The van der Waals surface area contributed by atoms with Gasteiger partial charge in [-0.1, -0.05) is 0 Å². The Morgan fingerprint density at radius 2 is 2.05 bits per heavy atom. The molecule has 0 aromatic carbocycles. The fraction of sp³-hybridized carbons (Fsp3) is 0.500. The van der Waals surface area contributed by atoms with Crippen molar-refractivity contribution in [2.75, 3.05) is 13.1 Å². The van der Waals surface area contributed by atoms with Crippen LogP contribution in [0, 0.1) is 5.92 Å². The zero-order valence-corrected chi connectivity index (χ0v) is 11.8. The van der Waals surface area contributed by atoms with Crippen molar-refractivity contribution in [2.24, 2.45) is 17.4 Å². The van der Waals surface area contributed by atoms with E-state index >= 15 is 0 Å². The van der Waals surface area contributed by atoms with Crippen molar-refractivity contribution >= 4 is 15.9 Å². The number of rotatable bonds is 4. The molecule has 2 heterocycles. The van der Waals surface area contributed by atoms with Gasteiger partial charge < -0.3 is 11.5 Å². The fourth-order valence-corrected chi connectivity index (χ4v) is 3.99. The minimum absolute atomic E-state index is 0.0627. The summed E-state index contributed by atoms with van der Waals surface area (Å²) >= 11 is 0. The Kier molecular flexibility index (Phi) is 4.36. The number of primary amides is 1. The highest BCUT2D eigenvalue weighted by atomic mass is 32.2. The number of carbonyl (C=O) groups is 1. The highest BCUT2D eigenvalue weighted by Crippen LogP contribution is 2.24. The summed E-state index contributed by atoms with van der Waals surface area (Å²) in [5.74, 6) is -0.615. The molecule has 0 radical (unpaired) electrons. The molecule has 1 saturated heterocycles. The number of pyridine rings is 1. The first-order valence-corrected chi connectivity index (χ1v) is 7.84. The Bertz CT molecular complexity index is 594. The van der Waals surface area contributed by atoms with Crippen LogP contribution in [-0.4, -0.2) is 36.7 Å². The summed E-state index contributed by atoms with van der Waals surface area (Å²) in [5.41, 5.74) is 11.1. The summed E-state index contributed by atoms with van der Waals surface area (Å²) in [6.45, 7) is 0.636. The predicted molar refractivity (Wildman–Crippen MR) is 72.8 cm³/mol. The third-order valence-corrected chi connectivity index (χ3v) is 5.49. The molecule has 1 aliphatic rings. The van der Waals surface area contributed by atoms with Crippen molar-refractivity contribution < 1.29 is 13.2 Å². The number of carbonyl (C=O) groups excluding carboxylic acids is 1. The van der Waals surface area contributed by atoms with Crippen LogP contribution in [0.1, 0.15) is 18.5 Å². The van der Waals surface area contributed by atoms with Crippen LogP contribution in [0.4, 0.5) is 0 Å². The van der Waals surface area contributed by atoms with Gasteiger partial charge in [-0.15, -0.1) is 0 Å². The molecule has 110 valence electrons. The van der Waals surface area contributed by atoms with E-state index in [4.69, 9.17) is 11.5 Å². The molecule has 2 rings (SSSR count). The van der Waals surface area contributed by atoms with Gasteiger partial charge in [-0.25, -0.2) is 8.42 Å². The number of amides is 1. The van der Waals surface area contributed by atoms with Gasteiger partial charge in [0.1, 0.15) is 4.90 Å². The Hall–Kier alpha value is -1.51. The molecule has 20 heavy (non-hydrogen) atoms. The van der Waals surface area contributed by atoms with Gasteiger partial charge in [0.15, 0.2) is 0 Å². The van der Waals surface area contributed by atoms with Gasteiger partial charge in [-0.05, 0) is 25.0 Å². The average molecular weight is 298 g/mol. The highest BCUT2D eigenvalue weighted by molar-refractivity contribution is 7.89. The minimum atomic E-state index is -3.62. The van der Waals surface area contributed by atoms with E-state index in [0.717, 1.165) is 0 Å². The van der Waals surface area contributed by atoms with Crippen molar-refractivity contribution in [1.82, 2.24) is 9.29 Å². The van der Waals surface area contributed by atoms with Gasteiger partial charge in [0, 0.05) is 31.7 Å². The number of piperidine rings is 1. The first kappa shape index (κ1) is 14.9. The maximum atomic E-state index is 12.6. The molecule has 1 aromatic heterocycles.